The molecule has 3 aromatic rings. The van der Waals surface area contributed by atoms with Crippen LogP contribution in [0, 0.1) is 6.92 Å². The number of benzene rings is 3. The summed E-state index contributed by atoms with van der Waals surface area (Å²) in [6.45, 7) is 2.46. The lowest BCUT2D eigenvalue weighted by atomic mass is 9.87. The van der Waals surface area contributed by atoms with Crippen LogP contribution in [-0.4, -0.2) is 13.1 Å². The summed E-state index contributed by atoms with van der Waals surface area (Å²) in [6.07, 6.45) is 0.251. The molecule has 0 saturated heterocycles. The minimum absolute atomic E-state index is 0.145. The van der Waals surface area contributed by atoms with Gasteiger partial charge in [0, 0.05) is 16.5 Å². The molecule has 0 bridgehead atoms. The zero-order valence-electron chi connectivity index (χ0n) is 16.0. The summed E-state index contributed by atoms with van der Waals surface area (Å²) in [5.74, 6) is 0.367. The van der Waals surface area contributed by atoms with E-state index >= 15 is 0 Å². The lowest BCUT2D eigenvalue weighted by Gasteiger charge is -2.21. The van der Waals surface area contributed by atoms with E-state index < -0.39 is 0 Å². The van der Waals surface area contributed by atoms with Gasteiger partial charge in [0.1, 0.15) is 12.4 Å². The van der Waals surface area contributed by atoms with Gasteiger partial charge in [0.15, 0.2) is 0 Å². The Balaban J connectivity index is 1.93. The molecule has 0 saturated carbocycles. The van der Waals surface area contributed by atoms with Crippen LogP contribution in [-0.2, 0) is 16.1 Å². The van der Waals surface area contributed by atoms with E-state index in [1.54, 1.807) is 0 Å². The average Bonchev–Trinajstić information content (AvgIpc) is 2.72. The Kier molecular flexibility index (Phi) is 6.72. The Bertz CT molecular complexity index is 920. The van der Waals surface area contributed by atoms with Crippen LogP contribution in [0.3, 0.4) is 0 Å². The van der Waals surface area contributed by atoms with Gasteiger partial charge >= 0.3 is 5.97 Å². The van der Waals surface area contributed by atoms with Gasteiger partial charge in [-0.05, 0) is 36.2 Å². The molecule has 0 heterocycles. The molecule has 0 aliphatic carbocycles. The second-order valence-electron chi connectivity index (χ2n) is 6.70. The van der Waals surface area contributed by atoms with E-state index in [1.807, 2.05) is 73.7 Å². The number of carbonyl (C=O) groups is 1. The van der Waals surface area contributed by atoms with Crippen LogP contribution in [0.5, 0.6) is 5.75 Å². The first kappa shape index (κ1) is 20.0. The van der Waals surface area contributed by atoms with E-state index in [0.717, 1.165) is 28.0 Å². The number of ether oxygens (including phenoxy) is 2. The largest absolute Gasteiger partial charge is 0.489 e. The Morgan fingerprint density at radius 3 is 2.39 bits per heavy atom. The van der Waals surface area contributed by atoms with Gasteiger partial charge in [-0.15, -0.1) is 0 Å². The number of rotatable bonds is 7. The number of methoxy groups -OCH3 is 1. The third-order valence-corrected chi connectivity index (χ3v) is 4.90. The maximum atomic E-state index is 12.1. The van der Waals surface area contributed by atoms with Crippen molar-refractivity contribution in [2.75, 3.05) is 7.11 Å². The third-order valence-electron chi connectivity index (χ3n) is 4.65. The maximum Gasteiger partial charge on any atom is 0.306 e. The van der Waals surface area contributed by atoms with Crippen molar-refractivity contribution in [3.63, 3.8) is 0 Å². The molecular formula is C24H23ClO3. The van der Waals surface area contributed by atoms with Crippen molar-refractivity contribution in [2.45, 2.75) is 25.9 Å². The summed E-state index contributed by atoms with van der Waals surface area (Å²) in [5.41, 5.74) is 4.17. The monoisotopic (exact) mass is 394 g/mol. The van der Waals surface area contributed by atoms with Crippen LogP contribution < -0.4 is 4.74 Å². The van der Waals surface area contributed by atoms with Crippen molar-refractivity contribution >= 4 is 17.6 Å². The molecule has 3 aromatic carbocycles. The highest BCUT2D eigenvalue weighted by Crippen LogP contribution is 2.36. The molecule has 3 nitrogen and oxygen atoms in total. The molecule has 28 heavy (non-hydrogen) atoms. The molecule has 1 atom stereocenters. The molecule has 4 heteroatoms. The molecule has 0 aliphatic rings. The quantitative estimate of drug-likeness (QED) is 0.466. The SMILES string of the molecule is COC(=O)CC(c1ccccc1)c1cc(C)ccc1OCc1ccc(Cl)cc1. The summed E-state index contributed by atoms with van der Waals surface area (Å²) >= 11 is 5.96. The van der Waals surface area contributed by atoms with Gasteiger partial charge in [0.2, 0.25) is 0 Å². The molecule has 0 N–H and O–H groups in total. The number of hydrogen-bond donors (Lipinski definition) is 0. The van der Waals surface area contributed by atoms with Crippen molar-refractivity contribution in [3.8, 4) is 5.75 Å². The molecular weight excluding hydrogens is 372 g/mol. The van der Waals surface area contributed by atoms with Crippen LogP contribution in [0.25, 0.3) is 0 Å². The molecule has 0 aliphatic heterocycles. The molecule has 0 spiro atoms. The van der Waals surface area contributed by atoms with E-state index in [1.165, 1.54) is 7.11 Å². The highest BCUT2D eigenvalue weighted by Gasteiger charge is 2.22. The van der Waals surface area contributed by atoms with Crippen LogP contribution in [0.4, 0.5) is 0 Å². The first-order valence-corrected chi connectivity index (χ1v) is 9.54. The van der Waals surface area contributed by atoms with Crippen molar-refractivity contribution in [3.05, 3.63) is 100 Å². The molecule has 0 fully saturated rings. The summed E-state index contributed by atoms with van der Waals surface area (Å²) in [4.78, 5) is 12.1. The fourth-order valence-corrected chi connectivity index (χ4v) is 3.28. The van der Waals surface area contributed by atoms with Crippen molar-refractivity contribution < 1.29 is 14.3 Å². The number of esters is 1. The van der Waals surface area contributed by atoms with Gasteiger partial charge in [0.25, 0.3) is 0 Å². The highest BCUT2D eigenvalue weighted by molar-refractivity contribution is 6.30. The summed E-state index contributed by atoms with van der Waals surface area (Å²) < 4.78 is 11.1. The fourth-order valence-electron chi connectivity index (χ4n) is 3.16. The number of hydrogen-bond acceptors (Lipinski definition) is 3. The van der Waals surface area contributed by atoms with E-state index in [-0.39, 0.29) is 18.3 Å². The highest BCUT2D eigenvalue weighted by atomic mass is 35.5. The van der Waals surface area contributed by atoms with Gasteiger partial charge in [-0.1, -0.05) is 71.8 Å². The Morgan fingerprint density at radius 2 is 1.71 bits per heavy atom. The first-order chi connectivity index (χ1) is 13.6. The van der Waals surface area contributed by atoms with E-state index in [4.69, 9.17) is 21.1 Å². The number of carbonyl (C=O) groups excluding carboxylic acids is 1. The normalized spacial score (nSPS) is 11.7. The predicted molar refractivity (Wildman–Crippen MR) is 112 cm³/mol. The minimum Gasteiger partial charge on any atom is -0.489 e. The summed E-state index contributed by atoms with van der Waals surface area (Å²) in [7, 11) is 1.42. The van der Waals surface area contributed by atoms with Crippen molar-refractivity contribution in [2.24, 2.45) is 0 Å². The Morgan fingerprint density at radius 1 is 1.00 bits per heavy atom. The van der Waals surface area contributed by atoms with Crippen molar-refractivity contribution in [1.29, 1.82) is 0 Å². The van der Waals surface area contributed by atoms with Crippen molar-refractivity contribution in [1.82, 2.24) is 0 Å². The second kappa shape index (κ2) is 9.43. The van der Waals surface area contributed by atoms with Gasteiger partial charge in [-0.25, -0.2) is 0 Å². The molecule has 0 aromatic heterocycles. The number of halogens is 1. The van der Waals surface area contributed by atoms with E-state index in [0.29, 0.717) is 11.6 Å². The molecule has 144 valence electrons. The molecule has 0 radical (unpaired) electrons. The topological polar surface area (TPSA) is 35.5 Å². The zero-order chi connectivity index (χ0) is 19.9. The number of aryl methyl sites for hydroxylation is 1. The first-order valence-electron chi connectivity index (χ1n) is 9.16. The lowest BCUT2D eigenvalue weighted by molar-refractivity contribution is -0.140. The Hall–Kier alpha value is -2.78. The van der Waals surface area contributed by atoms with Crippen LogP contribution >= 0.6 is 11.6 Å². The molecule has 0 amide bonds. The average molecular weight is 395 g/mol. The predicted octanol–water partition coefficient (Wildman–Crippen LogP) is 5.92. The summed E-state index contributed by atoms with van der Waals surface area (Å²) in [5, 5.41) is 0.696. The van der Waals surface area contributed by atoms with Crippen LogP contribution in [0.1, 0.15) is 34.6 Å². The lowest BCUT2D eigenvalue weighted by Crippen LogP contribution is -2.12. The molecule has 3 rings (SSSR count). The van der Waals surface area contributed by atoms with Gasteiger partial charge in [0.05, 0.1) is 13.5 Å². The third kappa shape index (κ3) is 5.14. The van der Waals surface area contributed by atoms with Gasteiger partial charge < -0.3 is 9.47 Å². The fraction of sp³-hybridized carbons (Fsp3) is 0.208. The minimum atomic E-state index is -0.251. The molecule has 1 unspecified atom stereocenters. The van der Waals surface area contributed by atoms with E-state index in [2.05, 4.69) is 6.07 Å². The van der Waals surface area contributed by atoms with Crippen LogP contribution in [0.2, 0.25) is 5.02 Å². The zero-order valence-corrected chi connectivity index (χ0v) is 16.8. The maximum absolute atomic E-state index is 12.1. The smallest absolute Gasteiger partial charge is 0.306 e. The standard InChI is InChI=1S/C24H23ClO3/c1-17-8-13-23(28-16-18-9-11-20(25)12-10-18)22(14-17)21(15-24(26)27-2)19-6-4-3-5-7-19/h3-14,21H,15-16H2,1-2H3. The van der Waals surface area contributed by atoms with Gasteiger partial charge in [-0.2, -0.15) is 0 Å². The Labute approximate surface area is 170 Å². The van der Waals surface area contributed by atoms with Crippen LogP contribution in [0.15, 0.2) is 72.8 Å². The summed E-state index contributed by atoms with van der Waals surface area (Å²) in [6, 6.07) is 23.6. The van der Waals surface area contributed by atoms with Gasteiger partial charge in [-0.3, -0.25) is 4.79 Å². The second-order valence-corrected chi connectivity index (χ2v) is 7.14. The van der Waals surface area contributed by atoms with E-state index in [9.17, 15) is 4.79 Å².